The molecule has 128 valence electrons. The Hall–Kier alpha value is -0.880. The van der Waals surface area contributed by atoms with E-state index in [0.29, 0.717) is 18.2 Å². The average molecular weight is 320 g/mol. The van der Waals surface area contributed by atoms with Crippen LogP contribution < -0.4 is 0 Å². The average Bonchev–Trinajstić information content (AvgIpc) is 3.21. The molecule has 3 atom stereocenters. The third kappa shape index (κ3) is 3.20. The summed E-state index contributed by atoms with van der Waals surface area (Å²) >= 11 is 0. The molecular weight excluding hydrogens is 292 g/mol. The second-order valence-corrected chi connectivity index (χ2v) is 6.91. The van der Waals surface area contributed by atoms with Crippen LogP contribution in [0, 0.1) is 0 Å². The van der Waals surface area contributed by atoms with Crippen molar-refractivity contribution in [3.05, 3.63) is 23.7 Å². The Morgan fingerprint density at radius 1 is 1.09 bits per heavy atom. The van der Waals surface area contributed by atoms with Crippen LogP contribution in [0.2, 0.25) is 0 Å². The van der Waals surface area contributed by atoms with Crippen molar-refractivity contribution in [2.24, 2.45) is 0 Å². The lowest BCUT2D eigenvalue weighted by atomic mass is 10.00. The summed E-state index contributed by atoms with van der Waals surface area (Å²) in [4.78, 5) is 5.16. The van der Waals surface area contributed by atoms with Crippen molar-refractivity contribution >= 4 is 0 Å². The number of aryl methyl sites for hydroxylation is 1. The number of likely N-dealkylation sites (tertiary alicyclic amines) is 1. The number of rotatable bonds is 4. The lowest BCUT2D eigenvalue weighted by Crippen LogP contribution is -2.51. The van der Waals surface area contributed by atoms with Crippen molar-refractivity contribution < 1.29 is 13.9 Å². The van der Waals surface area contributed by atoms with Crippen molar-refractivity contribution in [1.82, 2.24) is 9.80 Å². The highest BCUT2D eigenvalue weighted by Crippen LogP contribution is 2.33. The Morgan fingerprint density at radius 2 is 1.91 bits per heavy atom. The van der Waals surface area contributed by atoms with Crippen LogP contribution in [0.15, 0.2) is 16.5 Å². The molecule has 0 spiro atoms. The van der Waals surface area contributed by atoms with E-state index >= 15 is 0 Å². The predicted octanol–water partition coefficient (Wildman–Crippen LogP) is 1.91. The van der Waals surface area contributed by atoms with Gasteiger partial charge < -0.3 is 13.9 Å². The molecule has 23 heavy (non-hydrogen) atoms. The van der Waals surface area contributed by atoms with Crippen LogP contribution in [0.4, 0.5) is 0 Å². The Balaban J connectivity index is 1.48. The number of furan rings is 1. The van der Waals surface area contributed by atoms with Gasteiger partial charge in [-0.05, 0) is 25.0 Å². The zero-order valence-electron chi connectivity index (χ0n) is 14.1. The minimum Gasteiger partial charge on any atom is -0.465 e. The number of morpholine rings is 1. The van der Waals surface area contributed by atoms with Gasteiger partial charge in [0.05, 0.1) is 31.9 Å². The molecule has 0 aliphatic carbocycles. The van der Waals surface area contributed by atoms with Gasteiger partial charge in [0, 0.05) is 38.7 Å². The van der Waals surface area contributed by atoms with Gasteiger partial charge in [-0.3, -0.25) is 9.80 Å². The number of ether oxygens (including phenoxy) is 2. The first kappa shape index (κ1) is 15.6. The van der Waals surface area contributed by atoms with Crippen molar-refractivity contribution in [1.29, 1.82) is 0 Å². The molecule has 4 heterocycles. The second kappa shape index (κ2) is 6.93. The van der Waals surface area contributed by atoms with Crippen LogP contribution in [0.1, 0.15) is 31.3 Å². The van der Waals surface area contributed by atoms with E-state index in [-0.39, 0.29) is 0 Å². The van der Waals surface area contributed by atoms with E-state index in [4.69, 9.17) is 13.9 Å². The first-order valence-electron chi connectivity index (χ1n) is 9.10. The Kier molecular flexibility index (Phi) is 4.71. The number of hydrogen-bond donors (Lipinski definition) is 0. The molecule has 0 N–H and O–H groups in total. The zero-order chi connectivity index (χ0) is 15.6. The highest BCUT2D eigenvalue weighted by Gasteiger charge is 2.46. The van der Waals surface area contributed by atoms with Crippen molar-refractivity contribution in [2.75, 3.05) is 39.5 Å². The van der Waals surface area contributed by atoms with Crippen molar-refractivity contribution in [2.45, 2.75) is 50.9 Å². The van der Waals surface area contributed by atoms with Crippen LogP contribution in [0.3, 0.4) is 0 Å². The van der Waals surface area contributed by atoms with Gasteiger partial charge in [-0.1, -0.05) is 6.92 Å². The summed E-state index contributed by atoms with van der Waals surface area (Å²) in [6.07, 6.45) is 3.73. The van der Waals surface area contributed by atoms with Crippen LogP contribution >= 0.6 is 0 Å². The van der Waals surface area contributed by atoms with Gasteiger partial charge in [-0.15, -0.1) is 0 Å². The summed E-state index contributed by atoms with van der Waals surface area (Å²) in [6, 6.07) is 5.29. The molecule has 3 saturated heterocycles. The van der Waals surface area contributed by atoms with E-state index in [1.54, 1.807) is 0 Å². The number of nitrogens with zero attached hydrogens (tertiary/aromatic N) is 2. The van der Waals surface area contributed by atoms with Crippen molar-refractivity contribution in [3.8, 4) is 0 Å². The van der Waals surface area contributed by atoms with Gasteiger partial charge in [-0.25, -0.2) is 0 Å². The summed E-state index contributed by atoms with van der Waals surface area (Å²) in [5.74, 6) is 2.18. The van der Waals surface area contributed by atoms with E-state index in [1.807, 2.05) is 0 Å². The van der Waals surface area contributed by atoms with Gasteiger partial charge in [0.1, 0.15) is 11.5 Å². The van der Waals surface area contributed by atoms with Crippen LogP contribution in [0.5, 0.6) is 0 Å². The molecule has 0 bridgehead atoms. The first-order chi connectivity index (χ1) is 11.3. The van der Waals surface area contributed by atoms with Gasteiger partial charge in [-0.2, -0.15) is 0 Å². The lowest BCUT2D eigenvalue weighted by Gasteiger charge is -2.37. The van der Waals surface area contributed by atoms with E-state index in [9.17, 15) is 0 Å². The Labute approximate surface area is 138 Å². The second-order valence-electron chi connectivity index (χ2n) is 6.91. The van der Waals surface area contributed by atoms with Gasteiger partial charge in [0.25, 0.3) is 0 Å². The Bertz CT molecular complexity index is 512. The van der Waals surface area contributed by atoms with Crippen LogP contribution in [-0.4, -0.2) is 67.4 Å². The maximum absolute atomic E-state index is 6.21. The fraction of sp³-hybridized carbons (Fsp3) is 0.778. The van der Waals surface area contributed by atoms with Gasteiger partial charge >= 0.3 is 0 Å². The Morgan fingerprint density at radius 3 is 2.70 bits per heavy atom. The van der Waals surface area contributed by atoms with Crippen molar-refractivity contribution in [3.63, 3.8) is 0 Å². The molecule has 5 nitrogen and oxygen atoms in total. The largest absolute Gasteiger partial charge is 0.465 e. The highest BCUT2D eigenvalue weighted by atomic mass is 16.5. The fourth-order valence-electron chi connectivity index (χ4n) is 4.34. The summed E-state index contributed by atoms with van der Waals surface area (Å²) in [7, 11) is 0. The van der Waals surface area contributed by atoms with E-state index in [2.05, 4.69) is 28.9 Å². The molecule has 0 unspecified atom stereocenters. The molecule has 0 aromatic carbocycles. The van der Waals surface area contributed by atoms with E-state index < -0.39 is 0 Å². The van der Waals surface area contributed by atoms with E-state index in [0.717, 1.165) is 63.9 Å². The van der Waals surface area contributed by atoms with Crippen LogP contribution in [-0.2, 0) is 22.4 Å². The maximum atomic E-state index is 6.21. The summed E-state index contributed by atoms with van der Waals surface area (Å²) in [6.45, 7) is 8.81. The monoisotopic (exact) mass is 320 g/mol. The molecule has 1 aromatic rings. The third-order valence-corrected chi connectivity index (χ3v) is 5.54. The number of hydrogen-bond acceptors (Lipinski definition) is 5. The molecule has 0 amide bonds. The smallest absolute Gasteiger partial charge is 0.118 e. The minimum absolute atomic E-state index is 0.349. The standard InChI is InChI=1S/C18H28N2O3/c1-2-14-5-6-15(23-14)12-20-13-17(19-7-10-21-11-8-19)18-16(20)4-3-9-22-18/h5-6,16-18H,2-4,7-13H2,1H3/t16-,17-,18+/m0/s1. The van der Waals surface area contributed by atoms with Gasteiger partial charge in [0.15, 0.2) is 0 Å². The molecule has 0 saturated carbocycles. The topological polar surface area (TPSA) is 38.1 Å². The third-order valence-electron chi connectivity index (χ3n) is 5.54. The summed E-state index contributed by atoms with van der Waals surface area (Å²) in [5.41, 5.74) is 0. The van der Waals surface area contributed by atoms with E-state index in [1.165, 1.54) is 12.8 Å². The van der Waals surface area contributed by atoms with Crippen LogP contribution in [0.25, 0.3) is 0 Å². The molecule has 3 aliphatic heterocycles. The predicted molar refractivity (Wildman–Crippen MR) is 87.4 cm³/mol. The highest BCUT2D eigenvalue weighted by molar-refractivity contribution is 5.09. The molecule has 3 aliphatic rings. The first-order valence-corrected chi connectivity index (χ1v) is 9.10. The maximum Gasteiger partial charge on any atom is 0.118 e. The number of fused-ring (bicyclic) bond motifs is 1. The SMILES string of the molecule is CCc1ccc(CN2C[C@H](N3CCOCC3)[C@@H]3OCCC[C@@H]32)o1. The van der Waals surface area contributed by atoms with Gasteiger partial charge in [0.2, 0.25) is 0 Å². The normalized spacial score (nSPS) is 33.0. The molecule has 5 heteroatoms. The lowest BCUT2D eigenvalue weighted by molar-refractivity contribution is -0.0595. The summed E-state index contributed by atoms with van der Waals surface area (Å²) < 4.78 is 17.7. The molecule has 3 fully saturated rings. The molecular formula is C18H28N2O3. The summed E-state index contributed by atoms with van der Waals surface area (Å²) in [5, 5.41) is 0. The molecule has 0 radical (unpaired) electrons. The fourth-order valence-corrected chi connectivity index (χ4v) is 4.34. The quantitative estimate of drug-likeness (QED) is 0.847. The zero-order valence-corrected chi connectivity index (χ0v) is 14.1. The molecule has 1 aromatic heterocycles. The molecule has 4 rings (SSSR count). The minimum atomic E-state index is 0.349.